The van der Waals surface area contributed by atoms with Crippen molar-refractivity contribution in [1.82, 2.24) is 4.31 Å². The summed E-state index contributed by atoms with van der Waals surface area (Å²) >= 11 is 10.9. The number of ether oxygens (including phenoxy) is 1. The maximum absolute atomic E-state index is 12.7. The summed E-state index contributed by atoms with van der Waals surface area (Å²) in [6, 6.07) is 4.49. The van der Waals surface area contributed by atoms with Crippen LogP contribution in [0.5, 0.6) is 0 Å². The fraction of sp³-hybridized carbons (Fsp3) is 0.462. The van der Waals surface area contributed by atoms with Gasteiger partial charge in [-0.3, -0.25) is 0 Å². The first-order valence-electron chi connectivity index (χ1n) is 6.51. The molecule has 118 valence electrons. The molecule has 0 aliphatic carbocycles. The van der Waals surface area contributed by atoms with Crippen LogP contribution < -0.4 is 5.73 Å². The fourth-order valence-corrected chi connectivity index (χ4v) is 3.81. The van der Waals surface area contributed by atoms with Crippen LogP contribution in [0.25, 0.3) is 0 Å². The van der Waals surface area contributed by atoms with Crippen molar-refractivity contribution in [2.45, 2.75) is 18.7 Å². The first-order chi connectivity index (χ1) is 9.84. The minimum absolute atomic E-state index is 0.00724. The van der Waals surface area contributed by atoms with E-state index in [1.807, 2.05) is 6.92 Å². The van der Waals surface area contributed by atoms with E-state index in [1.165, 1.54) is 16.4 Å². The van der Waals surface area contributed by atoms with Gasteiger partial charge in [0.15, 0.2) is 0 Å². The summed E-state index contributed by atoms with van der Waals surface area (Å²) in [7, 11) is -3.71. The van der Waals surface area contributed by atoms with Crippen molar-refractivity contribution in [2.24, 2.45) is 5.73 Å². The number of nitrogens with two attached hydrogens (primary N) is 1. The van der Waals surface area contributed by atoms with Gasteiger partial charge in [-0.25, -0.2) is 8.42 Å². The third-order valence-corrected chi connectivity index (χ3v) is 5.57. The van der Waals surface area contributed by atoms with E-state index in [4.69, 9.17) is 34.3 Å². The number of thiocarbonyl (C=S) groups is 1. The highest BCUT2D eigenvalue weighted by Gasteiger charge is 2.25. The predicted octanol–water partition coefficient (Wildman–Crippen LogP) is 2.02. The molecule has 0 unspecified atom stereocenters. The van der Waals surface area contributed by atoms with Crippen LogP contribution in [0.4, 0.5) is 0 Å². The highest BCUT2D eigenvalue weighted by atomic mass is 35.5. The van der Waals surface area contributed by atoms with Crippen molar-refractivity contribution in [3.05, 3.63) is 28.8 Å². The molecular formula is C13H19ClN2O3S2. The number of halogens is 1. The second kappa shape index (κ2) is 8.05. The van der Waals surface area contributed by atoms with Crippen LogP contribution in [-0.2, 0) is 14.8 Å². The molecule has 0 saturated heterocycles. The molecular weight excluding hydrogens is 332 g/mol. The number of hydrogen-bond acceptors (Lipinski definition) is 4. The first kappa shape index (κ1) is 18.3. The highest BCUT2D eigenvalue weighted by molar-refractivity contribution is 7.89. The molecule has 0 saturated carbocycles. The van der Waals surface area contributed by atoms with E-state index in [-0.39, 0.29) is 21.5 Å². The van der Waals surface area contributed by atoms with Gasteiger partial charge in [-0.05, 0) is 19.1 Å². The van der Waals surface area contributed by atoms with E-state index in [0.29, 0.717) is 25.3 Å². The molecule has 0 atom stereocenters. The Balaban J connectivity index is 3.15. The van der Waals surface area contributed by atoms with Gasteiger partial charge in [0, 0.05) is 25.3 Å². The van der Waals surface area contributed by atoms with Gasteiger partial charge in [0.1, 0.15) is 9.88 Å². The monoisotopic (exact) mass is 350 g/mol. The summed E-state index contributed by atoms with van der Waals surface area (Å²) in [4.78, 5) is 0.133. The van der Waals surface area contributed by atoms with Crippen molar-refractivity contribution in [3.8, 4) is 0 Å². The van der Waals surface area contributed by atoms with E-state index in [2.05, 4.69) is 0 Å². The highest BCUT2D eigenvalue weighted by Crippen LogP contribution is 2.25. The van der Waals surface area contributed by atoms with E-state index >= 15 is 0 Å². The first-order valence-corrected chi connectivity index (χ1v) is 8.74. The minimum atomic E-state index is -3.71. The lowest BCUT2D eigenvalue weighted by atomic mass is 10.2. The molecule has 1 aromatic rings. The molecule has 0 fully saturated rings. The topological polar surface area (TPSA) is 72.6 Å². The molecule has 5 nitrogen and oxygen atoms in total. The Morgan fingerprint density at radius 1 is 1.43 bits per heavy atom. The lowest BCUT2D eigenvalue weighted by Crippen LogP contribution is -2.34. The second-order valence-electron chi connectivity index (χ2n) is 4.20. The quantitative estimate of drug-likeness (QED) is 0.573. The Bertz CT molecular complexity index is 605. The largest absolute Gasteiger partial charge is 0.389 e. The molecule has 1 aromatic carbocycles. The summed E-state index contributed by atoms with van der Waals surface area (Å²) in [5, 5.41) is 0.143. The molecule has 21 heavy (non-hydrogen) atoms. The molecule has 0 aliphatic rings. The number of benzene rings is 1. The smallest absolute Gasteiger partial charge is 0.244 e. The van der Waals surface area contributed by atoms with Crippen LogP contribution in [-0.4, -0.2) is 44.0 Å². The van der Waals surface area contributed by atoms with Crippen LogP contribution in [0.2, 0.25) is 5.02 Å². The maximum Gasteiger partial charge on any atom is 0.244 e. The van der Waals surface area contributed by atoms with Gasteiger partial charge in [-0.15, -0.1) is 0 Å². The molecule has 0 aliphatic heterocycles. The van der Waals surface area contributed by atoms with Crippen molar-refractivity contribution in [2.75, 3.05) is 26.3 Å². The van der Waals surface area contributed by atoms with Crippen molar-refractivity contribution in [1.29, 1.82) is 0 Å². The lowest BCUT2D eigenvalue weighted by Gasteiger charge is -2.21. The van der Waals surface area contributed by atoms with Gasteiger partial charge in [-0.1, -0.05) is 36.8 Å². The zero-order chi connectivity index (χ0) is 16.0. The van der Waals surface area contributed by atoms with Gasteiger partial charge in [0.2, 0.25) is 10.0 Å². The molecule has 0 amide bonds. The SMILES string of the molecule is CCOCCN(CC)S(=O)(=O)c1cc(C(N)=S)ccc1Cl. The van der Waals surface area contributed by atoms with Crippen molar-refractivity contribution < 1.29 is 13.2 Å². The molecule has 0 bridgehead atoms. The number of nitrogens with zero attached hydrogens (tertiary/aromatic N) is 1. The normalized spacial score (nSPS) is 11.8. The standard InChI is InChI=1S/C13H19ClN2O3S2/c1-3-16(7-8-19-4-2)21(17,18)12-9-10(13(15)20)5-6-11(12)14/h5-6,9H,3-4,7-8H2,1-2H3,(H2,15,20). The Hall–Kier alpha value is -0.730. The van der Waals surface area contributed by atoms with Gasteiger partial charge < -0.3 is 10.5 Å². The van der Waals surface area contributed by atoms with Crippen molar-refractivity contribution >= 4 is 38.8 Å². The van der Waals surface area contributed by atoms with Crippen LogP contribution >= 0.6 is 23.8 Å². The third-order valence-electron chi connectivity index (χ3n) is 2.88. The third kappa shape index (κ3) is 4.62. The molecule has 0 spiro atoms. The van der Waals surface area contributed by atoms with Crippen LogP contribution in [0, 0.1) is 0 Å². The van der Waals surface area contributed by atoms with Gasteiger partial charge in [0.05, 0.1) is 11.6 Å². The summed E-state index contributed by atoms with van der Waals surface area (Å²) in [6.45, 7) is 5.07. The average Bonchev–Trinajstić information content (AvgIpc) is 2.43. The second-order valence-corrected chi connectivity index (χ2v) is 6.96. The Kier molecular flexibility index (Phi) is 7.02. The van der Waals surface area contributed by atoms with E-state index in [0.717, 1.165) is 0 Å². The maximum atomic E-state index is 12.7. The van der Waals surface area contributed by atoms with Crippen LogP contribution in [0.15, 0.2) is 23.1 Å². The zero-order valence-electron chi connectivity index (χ0n) is 12.0. The van der Waals surface area contributed by atoms with Crippen molar-refractivity contribution in [3.63, 3.8) is 0 Å². The molecule has 1 rings (SSSR count). The Morgan fingerprint density at radius 2 is 2.10 bits per heavy atom. The van der Waals surface area contributed by atoms with Gasteiger partial charge >= 0.3 is 0 Å². The van der Waals surface area contributed by atoms with E-state index < -0.39 is 10.0 Å². The fourth-order valence-electron chi connectivity index (χ4n) is 1.75. The summed E-state index contributed by atoms with van der Waals surface area (Å²) in [5.74, 6) is 0. The Morgan fingerprint density at radius 3 is 2.62 bits per heavy atom. The summed E-state index contributed by atoms with van der Waals surface area (Å²) in [5.41, 5.74) is 6.01. The Labute approximate surface area is 136 Å². The molecule has 8 heteroatoms. The minimum Gasteiger partial charge on any atom is -0.389 e. The number of sulfonamides is 1. The average molecular weight is 351 g/mol. The van der Waals surface area contributed by atoms with E-state index in [1.54, 1.807) is 13.0 Å². The molecule has 2 N–H and O–H groups in total. The lowest BCUT2D eigenvalue weighted by molar-refractivity contribution is 0.135. The molecule has 0 aromatic heterocycles. The number of rotatable bonds is 8. The summed E-state index contributed by atoms with van der Waals surface area (Å²) in [6.07, 6.45) is 0. The molecule has 0 heterocycles. The number of likely N-dealkylation sites (N-methyl/N-ethyl adjacent to an activating group) is 1. The van der Waals surface area contributed by atoms with Crippen LogP contribution in [0.1, 0.15) is 19.4 Å². The molecule has 0 radical (unpaired) electrons. The van der Waals surface area contributed by atoms with Gasteiger partial charge in [0.25, 0.3) is 0 Å². The van der Waals surface area contributed by atoms with E-state index in [9.17, 15) is 8.42 Å². The predicted molar refractivity (Wildman–Crippen MR) is 88.3 cm³/mol. The number of hydrogen-bond donors (Lipinski definition) is 1. The zero-order valence-corrected chi connectivity index (χ0v) is 14.4. The van der Waals surface area contributed by atoms with Crippen LogP contribution in [0.3, 0.4) is 0 Å². The summed E-state index contributed by atoms with van der Waals surface area (Å²) < 4.78 is 31.8. The van der Waals surface area contributed by atoms with Gasteiger partial charge in [-0.2, -0.15) is 4.31 Å².